The third kappa shape index (κ3) is 3.99. The van der Waals surface area contributed by atoms with Crippen LogP contribution in [0.5, 0.6) is 0 Å². The maximum Gasteiger partial charge on any atom is 0.254 e. The molecule has 1 atom stereocenters. The minimum atomic E-state index is -0.605. The summed E-state index contributed by atoms with van der Waals surface area (Å²) in [4.78, 5) is 11.8. The monoisotopic (exact) mass is 317 g/mol. The maximum atomic E-state index is 13.4. The zero-order chi connectivity index (χ0) is 13.7. The van der Waals surface area contributed by atoms with E-state index in [1.54, 1.807) is 6.92 Å². The molecule has 0 radical (unpaired) electrons. The molecule has 0 heterocycles. The second kappa shape index (κ2) is 6.34. The smallest absolute Gasteiger partial charge is 0.254 e. The average molecular weight is 318 g/mol. The predicted molar refractivity (Wildman–Crippen MR) is 69.1 cm³/mol. The fourth-order valence-corrected chi connectivity index (χ4v) is 1.74. The number of carbonyl (C=O) groups is 1. The third-order valence-electron chi connectivity index (χ3n) is 2.19. The molecular weight excluding hydrogens is 305 g/mol. The van der Waals surface area contributed by atoms with Crippen LogP contribution in [-0.2, 0) is 0 Å². The standard InChI is InChI=1S/C11H13BrFN3O2/c1-6(4-10(14)16-18)15-11(17)8-5-7(12)2-3-9(8)13/h2-3,5-6,18H,4H2,1H3,(H2,14,16)(H,15,17). The van der Waals surface area contributed by atoms with E-state index in [1.807, 2.05) is 0 Å². The highest BCUT2D eigenvalue weighted by atomic mass is 79.9. The molecule has 5 nitrogen and oxygen atoms in total. The number of rotatable bonds is 4. The Kier molecular flexibility index (Phi) is 5.08. The van der Waals surface area contributed by atoms with Gasteiger partial charge in [-0.25, -0.2) is 4.39 Å². The molecule has 1 aromatic rings. The lowest BCUT2D eigenvalue weighted by Crippen LogP contribution is -2.36. The lowest BCUT2D eigenvalue weighted by Gasteiger charge is -2.13. The van der Waals surface area contributed by atoms with Crippen molar-refractivity contribution in [3.8, 4) is 0 Å². The highest BCUT2D eigenvalue weighted by Crippen LogP contribution is 2.15. The lowest BCUT2D eigenvalue weighted by atomic mass is 10.1. The van der Waals surface area contributed by atoms with Crippen LogP contribution in [0.25, 0.3) is 0 Å². The van der Waals surface area contributed by atoms with Gasteiger partial charge in [0.15, 0.2) is 0 Å². The Bertz CT molecular complexity index is 479. The first-order valence-electron chi connectivity index (χ1n) is 5.16. The molecule has 98 valence electrons. The Balaban J connectivity index is 2.73. The van der Waals surface area contributed by atoms with E-state index in [2.05, 4.69) is 26.4 Å². The molecule has 1 rings (SSSR count). The van der Waals surface area contributed by atoms with Crippen LogP contribution in [0.3, 0.4) is 0 Å². The summed E-state index contributed by atoms with van der Waals surface area (Å²) >= 11 is 3.16. The molecule has 1 unspecified atom stereocenters. The van der Waals surface area contributed by atoms with Crippen molar-refractivity contribution in [2.24, 2.45) is 10.9 Å². The van der Waals surface area contributed by atoms with Crippen molar-refractivity contribution in [1.82, 2.24) is 5.32 Å². The fraction of sp³-hybridized carbons (Fsp3) is 0.273. The second-order valence-electron chi connectivity index (χ2n) is 3.79. The largest absolute Gasteiger partial charge is 0.409 e. The average Bonchev–Trinajstić information content (AvgIpc) is 2.31. The number of nitrogens with one attached hydrogen (secondary N) is 1. The van der Waals surface area contributed by atoms with Crippen LogP contribution >= 0.6 is 15.9 Å². The molecule has 18 heavy (non-hydrogen) atoms. The van der Waals surface area contributed by atoms with Gasteiger partial charge < -0.3 is 16.3 Å². The highest BCUT2D eigenvalue weighted by molar-refractivity contribution is 9.10. The Labute approximate surface area is 112 Å². The van der Waals surface area contributed by atoms with E-state index < -0.39 is 11.7 Å². The minimum Gasteiger partial charge on any atom is -0.409 e. The Morgan fingerprint density at radius 3 is 2.94 bits per heavy atom. The molecule has 0 aliphatic rings. The number of halogens is 2. The summed E-state index contributed by atoms with van der Waals surface area (Å²) in [5.74, 6) is -1.16. The summed E-state index contributed by atoms with van der Waals surface area (Å²) in [5, 5.41) is 13.8. The number of amides is 1. The Hall–Kier alpha value is -1.63. The van der Waals surface area contributed by atoms with Gasteiger partial charge in [-0.2, -0.15) is 0 Å². The van der Waals surface area contributed by atoms with Crippen molar-refractivity contribution in [2.75, 3.05) is 0 Å². The molecule has 1 amide bonds. The number of oxime groups is 1. The topological polar surface area (TPSA) is 87.7 Å². The van der Waals surface area contributed by atoms with Crippen molar-refractivity contribution < 1.29 is 14.4 Å². The molecule has 0 saturated heterocycles. The predicted octanol–water partition coefficient (Wildman–Crippen LogP) is 1.84. The summed E-state index contributed by atoms with van der Waals surface area (Å²) in [6.45, 7) is 1.67. The van der Waals surface area contributed by atoms with Gasteiger partial charge in [-0.05, 0) is 25.1 Å². The van der Waals surface area contributed by atoms with E-state index in [9.17, 15) is 9.18 Å². The van der Waals surface area contributed by atoms with Crippen molar-refractivity contribution in [3.05, 3.63) is 34.1 Å². The summed E-state index contributed by atoms with van der Waals surface area (Å²) < 4.78 is 14.0. The Morgan fingerprint density at radius 1 is 1.67 bits per heavy atom. The van der Waals surface area contributed by atoms with Gasteiger partial charge in [0.2, 0.25) is 0 Å². The van der Waals surface area contributed by atoms with Gasteiger partial charge in [0.1, 0.15) is 11.7 Å². The van der Waals surface area contributed by atoms with Crippen LogP contribution in [0.4, 0.5) is 4.39 Å². The Morgan fingerprint density at radius 2 is 2.33 bits per heavy atom. The van der Waals surface area contributed by atoms with Gasteiger partial charge >= 0.3 is 0 Å². The molecule has 4 N–H and O–H groups in total. The summed E-state index contributed by atoms with van der Waals surface area (Å²) in [6.07, 6.45) is 0.178. The zero-order valence-electron chi connectivity index (χ0n) is 9.65. The maximum absolute atomic E-state index is 13.4. The lowest BCUT2D eigenvalue weighted by molar-refractivity contribution is 0.0937. The first kappa shape index (κ1) is 14.4. The van der Waals surface area contributed by atoms with E-state index in [4.69, 9.17) is 10.9 Å². The number of nitrogens with zero attached hydrogens (tertiary/aromatic N) is 1. The number of carbonyl (C=O) groups excluding carboxylic acids is 1. The van der Waals surface area contributed by atoms with E-state index in [-0.39, 0.29) is 23.9 Å². The van der Waals surface area contributed by atoms with Gasteiger partial charge in [0.25, 0.3) is 5.91 Å². The van der Waals surface area contributed by atoms with Gasteiger partial charge in [-0.3, -0.25) is 4.79 Å². The number of nitrogens with two attached hydrogens (primary N) is 1. The van der Waals surface area contributed by atoms with Crippen LogP contribution in [0.15, 0.2) is 27.8 Å². The first-order chi connectivity index (χ1) is 8.43. The fourth-order valence-electron chi connectivity index (χ4n) is 1.38. The summed E-state index contributed by atoms with van der Waals surface area (Å²) in [6, 6.07) is 3.73. The molecule has 0 fully saturated rings. The van der Waals surface area contributed by atoms with Crippen LogP contribution in [-0.4, -0.2) is 23.0 Å². The number of benzene rings is 1. The zero-order valence-corrected chi connectivity index (χ0v) is 11.2. The molecule has 7 heteroatoms. The minimum absolute atomic E-state index is 0.00230. The number of hydrogen-bond acceptors (Lipinski definition) is 3. The number of hydrogen-bond donors (Lipinski definition) is 3. The molecule has 0 saturated carbocycles. The van der Waals surface area contributed by atoms with E-state index in [0.717, 1.165) is 0 Å². The van der Waals surface area contributed by atoms with E-state index in [0.29, 0.717) is 4.47 Å². The van der Waals surface area contributed by atoms with Crippen molar-refractivity contribution in [2.45, 2.75) is 19.4 Å². The van der Waals surface area contributed by atoms with Crippen molar-refractivity contribution >= 4 is 27.7 Å². The third-order valence-corrected chi connectivity index (χ3v) is 2.69. The van der Waals surface area contributed by atoms with Crippen LogP contribution in [0.1, 0.15) is 23.7 Å². The number of amidine groups is 1. The SMILES string of the molecule is CC(CC(N)=NO)NC(=O)c1cc(Br)ccc1F. The molecule has 1 aromatic carbocycles. The van der Waals surface area contributed by atoms with Crippen LogP contribution in [0.2, 0.25) is 0 Å². The normalized spacial score (nSPS) is 13.2. The molecule has 0 aliphatic heterocycles. The highest BCUT2D eigenvalue weighted by Gasteiger charge is 2.15. The molecule has 0 aliphatic carbocycles. The summed E-state index contributed by atoms with van der Waals surface area (Å²) in [5.41, 5.74) is 5.25. The van der Waals surface area contributed by atoms with Crippen molar-refractivity contribution in [1.29, 1.82) is 0 Å². The summed E-state index contributed by atoms with van der Waals surface area (Å²) in [7, 11) is 0. The molecular formula is C11H13BrFN3O2. The quantitative estimate of drug-likeness (QED) is 0.343. The van der Waals surface area contributed by atoms with Crippen LogP contribution in [0, 0.1) is 5.82 Å². The van der Waals surface area contributed by atoms with Gasteiger partial charge in [-0.15, -0.1) is 0 Å². The molecule has 0 bridgehead atoms. The van der Waals surface area contributed by atoms with E-state index >= 15 is 0 Å². The second-order valence-corrected chi connectivity index (χ2v) is 4.71. The van der Waals surface area contributed by atoms with Crippen molar-refractivity contribution in [3.63, 3.8) is 0 Å². The van der Waals surface area contributed by atoms with Gasteiger partial charge in [-0.1, -0.05) is 21.1 Å². The van der Waals surface area contributed by atoms with Crippen LogP contribution < -0.4 is 11.1 Å². The molecule has 0 aromatic heterocycles. The van der Waals surface area contributed by atoms with E-state index in [1.165, 1.54) is 18.2 Å². The van der Waals surface area contributed by atoms with Gasteiger partial charge in [0.05, 0.1) is 5.56 Å². The van der Waals surface area contributed by atoms with Gasteiger partial charge in [0, 0.05) is 16.9 Å². The first-order valence-corrected chi connectivity index (χ1v) is 5.95. The molecule has 0 spiro atoms.